The Morgan fingerprint density at radius 1 is 1.27 bits per heavy atom. The molecule has 0 saturated carbocycles. The molecule has 3 N–H and O–H groups in total. The number of rotatable bonds is 9. The van der Waals surface area contributed by atoms with Crippen LogP contribution in [0.15, 0.2) is 0 Å². The molecule has 0 radical (unpaired) electrons. The van der Waals surface area contributed by atoms with Gasteiger partial charge in [-0.1, -0.05) is 13.3 Å². The molecule has 0 aromatic rings. The van der Waals surface area contributed by atoms with Gasteiger partial charge in [0.2, 0.25) is 0 Å². The first kappa shape index (κ1) is 20.7. The van der Waals surface area contributed by atoms with Crippen LogP contribution in [0.2, 0.25) is 0 Å². The van der Waals surface area contributed by atoms with Crippen LogP contribution in [0.25, 0.3) is 0 Å². The number of carboxylic acids is 1. The van der Waals surface area contributed by atoms with Crippen LogP contribution in [0.1, 0.15) is 53.4 Å². The van der Waals surface area contributed by atoms with Crippen molar-refractivity contribution in [3.05, 3.63) is 0 Å². The first-order chi connectivity index (χ1) is 10.0. The molecule has 0 rings (SSSR count). The quantitative estimate of drug-likeness (QED) is 0.599. The second-order valence-corrected chi connectivity index (χ2v) is 7.15. The van der Waals surface area contributed by atoms with Crippen molar-refractivity contribution < 1.29 is 24.3 Å². The van der Waals surface area contributed by atoms with Gasteiger partial charge in [0.05, 0.1) is 20.6 Å². The van der Waals surface area contributed by atoms with Gasteiger partial charge in [0, 0.05) is 0 Å². The third-order valence-electron chi connectivity index (χ3n) is 3.42. The Hall–Kier alpha value is -1.30. The van der Waals surface area contributed by atoms with Crippen molar-refractivity contribution in [2.45, 2.75) is 65.0 Å². The Balaban J connectivity index is 4.48. The molecule has 0 aliphatic carbocycles. The van der Waals surface area contributed by atoms with Crippen molar-refractivity contribution >= 4 is 12.1 Å². The number of hydrogen-bond donors (Lipinski definition) is 3. The van der Waals surface area contributed by atoms with Gasteiger partial charge in [-0.2, -0.15) is 0 Å². The molecule has 0 aromatic carbocycles. The van der Waals surface area contributed by atoms with Gasteiger partial charge in [0.15, 0.2) is 0 Å². The number of carbonyl (C=O) groups excluding carboxylic acids is 1. The van der Waals surface area contributed by atoms with E-state index in [0.717, 1.165) is 25.8 Å². The SMILES string of the molecule is CCC(CCC[NH+](C)C)CC(NC(=O)OC(C)(C)C)C(=O)O. The van der Waals surface area contributed by atoms with Crippen LogP contribution in [0.3, 0.4) is 0 Å². The normalized spacial score (nSPS) is 14.5. The number of quaternary nitrogens is 1. The fourth-order valence-electron chi connectivity index (χ4n) is 2.24. The predicted molar refractivity (Wildman–Crippen MR) is 86.1 cm³/mol. The molecule has 2 unspecified atom stereocenters. The zero-order chi connectivity index (χ0) is 17.3. The second-order valence-electron chi connectivity index (χ2n) is 7.15. The summed E-state index contributed by atoms with van der Waals surface area (Å²) in [6.07, 6.45) is 2.70. The van der Waals surface area contributed by atoms with Crippen molar-refractivity contribution in [1.82, 2.24) is 5.32 Å². The largest absolute Gasteiger partial charge is 0.480 e. The number of aliphatic carboxylic acids is 1. The minimum Gasteiger partial charge on any atom is -0.480 e. The molecule has 1 amide bonds. The number of alkyl carbamates (subject to hydrolysis) is 1. The van der Waals surface area contributed by atoms with E-state index in [4.69, 9.17) is 4.74 Å². The zero-order valence-electron chi connectivity index (χ0n) is 14.9. The van der Waals surface area contributed by atoms with Crippen LogP contribution in [0.5, 0.6) is 0 Å². The van der Waals surface area contributed by atoms with Crippen molar-refractivity contribution in [1.29, 1.82) is 0 Å². The first-order valence-corrected chi connectivity index (χ1v) is 8.06. The summed E-state index contributed by atoms with van der Waals surface area (Å²) < 4.78 is 5.13. The van der Waals surface area contributed by atoms with Gasteiger partial charge >= 0.3 is 12.1 Å². The van der Waals surface area contributed by atoms with E-state index in [1.54, 1.807) is 20.8 Å². The molecule has 0 spiro atoms. The Morgan fingerprint density at radius 3 is 2.27 bits per heavy atom. The van der Waals surface area contributed by atoms with E-state index in [1.807, 2.05) is 0 Å². The third kappa shape index (κ3) is 10.4. The minimum atomic E-state index is -1.01. The van der Waals surface area contributed by atoms with E-state index in [-0.39, 0.29) is 5.92 Å². The van der Waals surface area contributed by atoms with E-state index in [2.05, 4.69) is 26.3 Å². The average molecular weight is 317 g/mol. The number of carboxylic acid groups (broad SMARTS) is 1. The summed E-state index contributed by atoms with van der Waals surface area (Å²) in [6, 6.07) is -0.897. The maximum atomic E-state index is 11.7. The van der Waals surface area contributed by atoms with Crippen LogP contribution in [0, 0.1) is 5.92 Å². The molecule has 0 saturated heterocycles. The summed E-state index contributed by atoms with van der Waals surface area (Å²) in [4.78, 5) is 24.5. The molecule has 0 heterocycles. The van der Waals surface area contributed by atoms with E-state index in [1.165, 1.54) is 4.90 Å². The van der Waals surface area contributed by atoms with Crippen molar-refractivity contribution in [3.63, 3.8) is 0 Å². The lowest BCUT2D eigenvalue weighted by atomic mass is 9.92. The summed E-state index contributed by atoms with van der Waals surface area (Å²) in [5.74, 6) is -0.724. The van der Waals surface area contributed by atoms with Gasteiger partial charge in [-0.15, -0.1) is 0 Å². The van der Waals surface area contributed by atoms with Crippen molar-refractivity contribution in [2.75, 3.05) is 20.6 Å². The van der Waals surface area contributed by atoms with Gasteiger partial charge in [0.1, 0.15) is 11.6 Å². The summed E-state index contributed by atoms with van der Waals surface area (Å²) in [5, 5.41) is 11.8. The average Bonchev–Trinajstić information content (AvgIpc) is 2.33. The molecule has 0 aromatic heterocycles. The highest BCUT2D eigenvalue weighted by molar-refractivity contribution is 5.80. The molecule has 0 aliphatic heterocycles. The minimum absolute atomic E-state index is 0.287. The van der Waals surface area contributed by atoms with E-state index in [9.17, 15) is 14.7 Å². The number of ether oxygens (including phenoxy) is 1. The maximum Gasteiger partial charge on any atom is 0.408 e. The summed E-state index contributed by atoms with van der Waals surface area (Å²) in [7, 11) is 4.20. The lowest BCUT2D eigenvalue weighted by Crippen LogP contribution is -3.05. The monoisotopic (exact) mass is 317 g/mol. The molecule has 0 bridgehead atoms. The highest BCUT2D eigenvalue weighted by Gasteiger charge is 2.26. The highest BCUT2D eigenvalue weighted by atomic mass is 16.6. The summed E-state index contributed by atoms with van der Waals surface area (Å²) in [6.45, 7) is 8.37. The Morgan fingerprint density at radius 2 is 1.86 bits per heavy atom. The van der Waals surface area contributed by atoms with Gasteiger partial charge in [-0.3, -0.25) is 0 Å². The molecule has 22 heavy (non-hydrogen) atoms. The Bertz CT molecular complexity index is 351. The first-order valence-electron chi connectivity index (χ1n) is 8.06. The topological polar surface area (TPSA) is 80.1 Å². The van der Waals surface area contributed by atoms with Crippen LogP contribution >= 0.6 is 0 Å². The van der Waals surface area contributed by atoms with Gasteiger partial charge in [0.25, 0.3) is 0 Å². The van der Waals surface area contributed by atoms with Crippen LogP contribution in [-0.2, 0) is 9.53 Å². The van der Waals surface area contributed by atoms with E-state index in [0.29, 0.717) is 6.42 Å². The smallest absolute Gasteiger partial charge is 0.408 e. The van der Waals surface area contributed by atoms with Crippen molar-refractivity contribution in [2.24, 2.45) is 5.92 Å². The fourth-order valence-corrected chi connectivity index (χ4v) is 2.24. The molecular weight excluding hydrogens is 284 g/mol. The molecule has 0 aliphatic rings. The molecule has 6 nitrogen and oxygen atoms in total. The van der Waals surface area contributed by atoms with Crippen molar-refractivity contribution in [3.8, 4) is 0 Å². The Labute approximate surface area is 134 Å². The lowest BCUT2D eigenvalue weighted by molar-refractivity contribution is -0.858. The number of amides is 1. The molecule has 0 fully saturated rings. The van der Waals surface area contributed by atoms with E-state index < -0.39 is 23.7 Å². The number of nitrogens with one attached hydrogen (secondary N) is 2. The molecule has 6 heteroatoms. The number of carbonyl (C=O) groups is 2. The van der Waals surface area contributed by atoms with Crippen LogP contribution < -0.4 is 10.2 Å². The van der Waals surface area contributed by atoms with E-state index >= 15 is 0 Å². The molecule has 130 valence electrons. The second kappa shape index (κ2) is 9.66. The highest BCUT2D eigenvalue weighted by Crippen LogP contribution is 2.18. The molecule has 2 atom stereocenters. The van der Waals surface area contributed by atoms with Gasteiger partial charge < -0.3 is 20.1 Å². The number of hydrogen-bond acceptors (Lipinski definition) is 3. The van der Waals surface area contributed by atoms with Crippen LogP contribution in [-0.4, -0.2) is 49.5 Å². The maximum absolute atomic E-state index is 11.7. The standard InChI is InChI=1S/C16H32N2O4/c1-7-12(9-8-10-18(5)6)11-13(14(19)20)17-15(21)22-16(2,3)4/h12-13H,7-11H2,1-6H3,(H,17,21)(H,19,20)/p+1. The third-order valence-corrected chi connectivity index (χ3v) is 3.42. The van der Waals surface area contributed by atoms with Crippen LogP contribution in [0.4, 0.5) is 4.79 Å². The Kier molecular flexibility index (Phi) is 9.09. The molecular formula is C16H33N2O4+. The fraction of sp³-hybridized carbons (Fsp3) is 0.875. The summed E-state index contributed by atoms with van der Waals surface area (Å²) >= 11 is 0. The van der Waals surface area contributed by atoms with Gasteiger partial charge in [-0.05, 0) is 46.0 Å². The predicted octanol–water partition coefficient (Wildman–Crippen LogP) is 1.31. The zero-order valence-corrected chi connectivity index (χ0v) is 14.9. The lowest BCUT2D eigenvalue weighted by Gasteiger charge is -2.24. The van der Waals surface area contributed by atoms with Gasteiger partial charge in [-0.25, -0.2) is 9.59 Å². The summed E-state index contributed by atoms with van der Waals surface area (Å²) in [5.41, 5.74) is -0.633.